The Labute approximate surface area is 140 Å². The van der Waals surface area contributed by atoms with Crippen LogP contribution in [-0.4, -0.2) is 53.0 Å². The molecule has 0 saturated carbocycles. The Morgan fingerprint density at radius 2 is 2.08 bits per heavy atom. The van der Waals surface area contributed by atoms with Crippen LogP contribution < -0.4 is 10.1 Å². The van der Waals surface area contributed by atoms with Gasteiger partial charge in [0.05, 0.1) is 12.2 Å². The number of rotatable bonds is 6. The van der Waals surface area contributed by atoms with Crippen molar-refractivity contribution in [2.75, 3.05) is 13.2 Å². The SMILES string of the molecule is CCOc1ccccc1C(=O)N1CCCC1C(=O)NC(C)C(=O)O. The molecule has 7 heteroatoms. The van der Waals surface area contributed by atoms with Crippen LogP contribution in [0.1, 0.15) is 37.0 Å². The fourth-order valence-corrected chi connectivity index (χ4v) is 2.73. The normalized spacial score (nSPS) is 18.1. The van der Waals surface area contributed by atoms with Gasteiger partial charge in [-0.25, -0.2) is 0 Å². The maximum absolute atomic E-state index is 12.8. The number of ether oxygens (including phenoxy) is 1. The van der Waals surface area contributed by atoms with Crippen molar-refractivity contribution in [2.24, 2.45) is 0 Å². The third kappa shape index (κ3) is 3.84. The molecule has 24 heavy (non-hydrogen) atoms. The van der Waals surface area contributed by atoms with Crippen LogP contribution in [0.2, 0.25) is 0 Å². The highest BCUT2D eigenvalue weighted by Crippen LogP contribution is 2.25. The Morgan fingerprint density at radius 3 is 2.75 bits per heavy atom. The zero-order chi connectivity index (χ0) is 17.7. The van der Waals surface area contributed by atoms with E-state index >= 15 is 0 Å². The van der Waals surface area contributed by atoms with Crippen molar-refractivity contribution in [3.8, 4) is 5.75 Å². The van der Waals surface area contributed by atoms with Crippen molar-refractivity contribution >= 4 is 17.8 Å². The molecular weight excluding hydrogens is 312 g/mol. The highest BCUT2D eigenvalue weighted by atomic mass is 16.5. The number of para-hydroxylation sites is 1. The third-order valence-electron chi connectivity index (χ3n) is 3.96. The van der Waals surface area contributed by atoms with Gasteiger partial charge in [0, 0.05) is 6.54 Å². The average molecular weight is 334 g/mol. The van der Waals surface area contributed by atoms with E-state index in [1.54, 1.807) is 24.3 Å². The predicted octanol–water partition coefficient (Wildman–Crippen LogP) is 1.28. The van der Waals surface area contributed by atoms with Crippen molar-refractivity contribution in [3.05, 3.63) is 29.8 Å². The van der Waals surface area contributed by atoms with Gasteiger partial charge >= 0.3 is 5.97 Å². The van der Waals surface area contributed by atoms with Gasteiger partial charge in [0.2, 0.25) is 5.91 Å². The van der Waals surface area contributed by atoms with Crippen LogP contribution in [0.5, 0.6) is 5.75 Å². The van der Waals surface area contributed by atoms with E-state index in [0.29, 0.717) is 37.3 Å². The van der Waals surface area contributed by atoms with E-state index in [1.807, 2.05) is 6.92 Å². The summed E-state index contributed by atoms with van der Waals surface area (Å²) in [5, 5.41) is 11.3. The summed E-state index contributed by atoms with van der Waals surface area (Å²) >= 11 is 0. The average Bonchev–Trinajstić information content (AvgIpc) is 3.04. The Hall–Kier alpha value is -2.57. The van der Waals surface area contributed by atoms with E-state index in [1.165, 1.54) is 11.8 Å². The first-order valence-corrected chi connectivity index (χ1v) is 8.01. The van der Waals surface area contributed by atoms with Gasteiger partial charge in [0.25, 0.3) is 5.91 Å². The van der Waals surface area contributed by atoms with Gasteiger partial charge in [0.15, 0.2) is 0 Å². The number of aliphatic carboxylic acids is 1. The number of nitrogens with zero attached hydrogens (tertiary/aromatic N) is 1. The molecular formula is C17H22N2O5. The Morgan fingerprint density at radius 1 is 1.38 bits per heavy atom. The molecule has 130 valence electrons. The van der Waals surface area contributed by atoms with E-state index in [2.05, 4.69) is 5.32 Å². The highest BCUT2D eigenvalue weighted by Gasteiger charge is 2.36. The van der Waals surface area contributed by atoms with Gasteiger partial charge in [-0.3, -0.25) is 14.4 Å². The predicted molar refractivity (Wildman–Crippen MR) is 86.9 cm³/mol. The molecule has 7 nitrogen and oxygen atoms in total. The minimum absolute atomic E-state index is 0.278. The zero-order valence-corrected chi connectivity index (χ0v) is 13.8. The lowest BCUT2D eigenvalue weighted by molar-refractivity contribution is -0.141. The molecule has 2 amide bonds. The number of hydrogen-bond acceptors (Lipinski definition) is 4. The second-order valence-corrected chi connectivity index (χ2v) is 5.65. The Kier molecular flexibility index (Phi) is 5.78. The van der Waals surface area contributed by atoms with Crippen molar-refractivity contribution in [3.63, 3.8) is 0 Å². The lowest BCUT2D eigenvalue weighted by atomic mass is 10.1. The van der Waals surface area contributed by atoms with Gasteiger partial charge in [-0.1, -0.05) is 12.1 Å². The molecule has 0 aliphatic carbocycles. The summed E-state index contributed by atoms with van der Waals surface area (Å²) in [6.45, 7) is 4.12. The molecule has 1 aliphatic heterocycles. The van der Waals surface area contributed by atoms with E-state index < -0.39 is 24.0 Å². The molecule has 1 fully saturated rings. The van der Waals surface area contributed by atoms with Gasteiger partial charge < -0.3 is 20.1 Å². The third-order valence-corrected chi connectivity index (χ3v) is 3.96. The van der Waals surface area contributed by atoms with Crippen LogP contribution in [0.4, 0.5) is 0 Å². The first kappa shape index (κ1) is 17.8. The topological polar surface area (TPSA) is 95.9 Å². The lowest BCUT2D eigenvalue weighted by Gasteiger charge is -2.25. The zero-order valence-electron chi connectivity index (χ0n) is 13.8. The number of nitrogens with one attached hydrogen (secondary N) is 1. The quantitative estimate of drug-likeness (QED) is 0.817. The molecule has 0 aromatic heterocycles. The summed E-state index contributed by atoms with van der Waals surface area (Å²) in [4.78, 5) is 37.5. The van der Waals surface area contributed by atoms with Gasteiger partial charge in [-0.05, 0) is 38.8 Å². The van der Waals surface area contributed by atoms with Crippen LogP contribution in [0.3, 0.4) is 0 Å². The molecule has 1 aromatic rings. The molecule has 2 atom stereocenters. The molecule has 0 bridgehead atoms. The van der Waals surface area contributed by atoms with Crippen LogP contribution in [0.15, 0.2) is 24.3 Å². The summed E-state index contributed by atoms with van der Waals surface area (Å²) in [5.41, 5.74) is 0.408. The van der Waals surface area contributed by atoms with Crippen LogP contribution >= 0.6 is 0 Å². The number of carboxylic acid groups (broad SMARTS) is 1. The standard InChI is InChI=1S/C17H22N2O5/c1-3-24-14-9-5-4-7-12(14)16(21)19-10-6-8-13(19)15(20)18-11(2)17(22)23/h4-5,7,9,11,13H,3,6,8,10H2,1-2H3,(H,18,20)(H,22,23). The first-order valence-electron chi connectivity index (χ1n) is 8.01. The molecule has 1 aliphatic rings. The molecule has 1 saturated heterocycles. The minimum Gasteiger partial charge on any atom is -0.493 e. The summed E-state index contributed by atoms with van der Waals surface area (Å²) < 4.78 is 5.48. The molecule has 2 rings (SSSR count). The molecule has 0 radical (unpaired) electrons. The van der Waals surface area contributed by atoms with Crippen LogP contribution in [-0.2, 0) is 9.59 Å². The molecule has 1 aromatic carbocycles. The molecule has 0 spiro atoms. The van der Waals surface area contributed by atoms with Crippen molar-refractivity contribution in [1.29, 1.82) is 0 Å². The molecule has 1 heterocycles. The first-order chi connectivity index (χ1) is 11.5. The second-order valence-electron chi connectivity index (χ2n) is 5.65. The van der Waals surface area contributed by atoms with E-state index in [-0.39, 0.29) is 5.91 Å². The van der Waals surface area contributed by atoms with E-state index in [0.717, 1.165) is 0 Å². The smallest absolute Gasteiger partial charge is 0.325 e. The van der Waals surface area contributed by atoms with Crippen molar-refractivity contribution < 1.29 is 24.2 Å². The van der Waals surface area contributed by atoms with Gasteiger partial charge in [0.1, 0.15) is 17.8 Å². The number of carbonyl (C=O) groups is 3. The molecule has 2 N–H and O–H groups in total. The summed E-state index contributed by atoms with van der Waals surface area (Å²) in [5.74, 6) is -1.35. The minimum atomic E-state index is -1.11. The highest BCUT2D eigenvalue weighted by molar-refractivity contribution is 6.00. The van der Waals surface area contributed by atoms with Crippen LogP contribution in [0, 0.1) is 0 Å². The van der Waals surface area contributed by atoms with Crippen LogP contribution in [0.25, 0.3) is 0 Å². The van der Waals surface area contributed by atoms with Gasteiger partial charge in [-0.15, -0.1) is 0 Å². The lowest BCUT2D eigenvalue weighted by Crippen LogP contribution is -2.50. The maximum atomic E-state index is 12.8. The second kappa shape index (κ2) is 7.81. The number of carbonyl (C=O) groups excluding carboxylic acids is 2. The summed E-state index contributed by atoms with van der Waals surface area (Å²) in [6, 6.07) is 5.26. The number of carboxylic acids is 1. The van der Waals surface area contributed by atoms with Gasteiger partial charge in [-0.2, -0.15) is 0 Å². The number of likely N-dealkylation sites (tertiary alicyclic amines) is 1. The number of hydrogen-bond donors (Lipinski definition) is 2. The van der Waals surface area contributed by atoms with Crippen molar-refractivity contribution in [1.82, 2.24) is 10.2 Å². The maximum Gasteiger partial charge on any atom is 0.325 e. The molecule has 2 unspecified atom stereocenters. The summed E-state index contributed by atoms with van der Waals surface area (Å²) in [7, 11) is 0. The largest absolute Gasteiger partial charge is 0.493 e. The van der Waals surface area contributed by atoms with Crippen molar-refractivity contribution in [2.45, 2.75) is 38.8 Å². The summed E-state index contributed by atoms with van der Waals surface area (Å²) in [6.07, 6.45) is 1.21. The number of amides is 2. The number of benzene rings is 1. The Balaban J connectivity index is 2.16. The Bertz CT molecular complexity index is 631. The fraction of sp³-hybridized carbons (Fsp3) is 0.471. The van der Waals surface area contributed by atoms with E-state index in [4.69, 9.17) is 9.84 Å². The fourth-order valence-electron chi connectivity index (χ4n) is 2.73. The monoisotopic (exact) mass is 334 g/mol. The van der Waals surface area contributed by atoms with E-state index in [9.17, 15) is 14.4 Å².